The van der Waals surface area contributed by atoms with Crippen LogP contribution in [0.15, 0.2) is 0 Å². The summed E-state index contributed by atoms with van der Waals surface area (Å²) in [5.41, 5.74) is -0.388. The highest BCUT2D eigenvalue weighted by molar-refractivity contribution is 5.69. The van der Waals surface area contributed by atoms with Crippen LogP contribution < -0.4 is 0 Å². The van der Waals surface area contributed by atoms with E-state index < -0.39 is 0 Å². The van der Waals surface area contributed by atoms with Crippen molar-refractivity contribution in [1.82, 2.24) is 4.90 Å². The van der Waals surface area contributed by atoms with Crippen molar-refractivity contribution in [2.24, 2.45) is 5.92 Å². The van der Waals surface area contributed by atoms with Crippen LogP contribution in [0, 0.1) is 5.92 Å². The van der Waals surface area contributed by atoms with Crippen molar-refractivity contribution in [2.45, 2.75) is 59.1 Å². The Kier molecular flexibility index (Phi) is 3.63. The number of rotatable bonds is 3. The Morgan fingerprint density at radius 2 is 1.93 bits per heavy atom. The Morgan fingerprint density at radius 1 is 1.40 bits per heavy atom. The van der Waals surface area contributed by atoms with Crippen molar-refractivity contribution in [1.29, 1.82) is 0 Å². The highest BCUT2D eigenvalue weighted by Crippen LogP contribution is 2.29. The van der Waals surface area contributed by atoms with Gasteiger partial charge in [0.25, 0.3) is 0 Å². The first-order valence-corrected chi connectivity index (χ1v) is 5.79. The summed E-state index contributed by atoms with van der Waals surface area (Å²) in [6.45, 7) is 10.8. The molecule has 0 N–H and O–H groups in total. The fourth-order valence-electron chi connectivity index (χ4n) is 1.47. The van der Waals surface area contributed by atoms with E-state index in [-0.39, 0.29) is 11.7 Å². The summed E-state index contributed by atoms with van der Waals surface area (Å²) in [6.07, 6.45) is 2.11. The van der Waals surface area contributed by atoms with Crippen LogP contribution in [0.4, 0.5) is 4.79 Å². The number of amides is 1. The van der Waals surface area contributed by atoms with Crippen LogP contribution in [0.5, 0.6) is 0 Å². The lowest BCUT2D eigenvalue weighted by molar-refractivity contribution is 0.0211. The molecule has 0 aromatic rings. The average molecular weight is 213 g/mol. The van der Waals surface area contributed by atoms with Gasteiger partial charge in [0.2, 0.25) is 0 Å². The van der Waals surface area contributed by atoms with E-state index >= 15 is 0 Å². The third-order valence-electron chi connectivity index (χ3n) is 2.18. The molecule has 1 fully saturated rings. The van der Waals surface area contributed by atoms with Crippen molar-refractivity contribution in [3.05, 3.63) is 0 Å². The van der Waals surface area contributed by atoms with E-state index in [9.17, 15) is 4.79 Å². The van der Waals surface area contributed by atoms with E-state index in [2.05, 4.69) is 13.8 Å². The number of carbonyl (C=O) groups is 1. The molecule has 0 aromatic heterocycles. The van der Waals surface area contributed by atoms with Gasteiger partial charge in [-0.15, -0.1) is 0 Å². The number of hydrogen-bond acceptors (Lipinski definition) is 2. The molecule has 1 rings (SSSR count). The predicted molar refractivity (Wildman–Crippen MR) is 60.8 cm³/mol. The largest absolute Gasteiger partial charge is 0.444 e. The molecule has 0 saturated heterocycles. The summed E-state index contributed by atoms with van der Waals surface area (Å²) in [7, 11) is 0. The molecule has 0 spiro atoms. The third-order valence-corrected chi connectivity index (χ3v) is 2.18. The van der Waals surface area contributed by atoms with E-state index in [4.69, 9.17) is 4.74 Å². The quantitative estimate of drug-likeness (QED) is 0.721. The van der Waals surface area contributed by atoms with Crippen molar-refractivity contribution >= 4 is 6.09 Å². The molecule has 3 heteroatoms. The number of hydrogen-bond donors (Lipinski definition) is 0. The lowest BCUT2D eigenvalue weighted by atomic mass is 10.2. The molecule has 0 unspecified atom stereocenters. The molecule has 0 radical (unpaired) electrons. The monoisotopic (exact) mass is 213 g/mol. The summed E-state index contributed by atoms with van der Waals surface area (Å²) >= 11 is 0. The first kappa shape index (κ1) is 12.3. The summed E-state index contributed by atoms with van der Waals surface area (Å²) in [4.78, 5) is 13.8. The molecule has 0 aromatic carbocycles. The van der Waals surface area contributed by atoms with Gasteiger partial charge in [0.05, 0.1) is 0 Å². The summed E-state index contributed by atoms with van der Waals surface area (Å²) in [5, 5.41) is 0. The molecule has 0 bridgehead atoms. The lowest BCUT2D eigenvalue weighted by Crippen LogP contribution is -2.40. The Balaban J connectivity index is 2.51. The fraction of sp³-hybridized carbons (Fsp3) is 0.917. The SMILES string of the molecule is CC(C)CN(C(=O)OC(C)(C)C)C1CC1. The first-order valence-electron chi connectivity index (χ1n) is 5.79. The molecule has 88 valence electrons. The summed E-state index contributed by atoms with van der Waals surface area (Å²) in [5.74, 6) is 0.498. The predicted octanol–water partition coefficient (Wildman–Crippen LogP) is 3.04. The summed E-state index contributed by atoms with van der Waals surface area (Å²) < 4.78 is 5.39. The zero-order valence-corrected chi connectivity index (χ0v) is 10.5. The second kappa shape index (κ2) is 4.42. The second-order valence-corrected chi connectivity index (χ2v) is 5.76. The molecule has 0 aliphatic heterocycles. The smallest absolute Gasteiger partial charge is 0.410 e. The Morgan fingerprint density at radius 3 is 2.27 bits per heavy atom. The van der Waals surface area contributed by atoms with Crippen molar-refractivity contribution in [2.75, 3.05) is 6.54 Å². The maximum atomic E-state index is 11.9. The van der Waals surface area contributed by atoms with Crippen LogP contribution >= 0.6 is 0 Å². The minimum Gasteiger partial charge on any atom is -0.444 e. The van der Waals surface area contributed by atoms with Crippen LogP contribution in [-0.2, 0) is 4.74 Å². The molecule has 0 atom stereocenters. The van der Waals surface area contributed by atoms with Gasteiger partial charge in [-0.05, 0) is 39.5 Å². The van der Waals surface area contributed by atoms with Gasteiger partial charge in [-0.25, -0.2) is 4.79 Å². The normalized spacial score (nSPS) is 16.7. The second-order valence-electron chi connectivity index (χ2n) is 5.76. The van der Waals surface area contributed by atoms with Crippen LogP contribution in [0.3, 0.4) is 0 Å². The van der Waals surface area contributed by atoms with Crippen LogP contribution in [0.25, 0.3) is 0 Å². The minimum atomic E-state index is -0.388. The van der Waals surface area contributed by atoms with Gasteiger partial charge in [0.15, 0.2) is 0 Å². The fourth-order valence-corrected chi connectivity index (χ4v) is 1.47. The van der Waals surface area contributed by atoms with E-state index in [1.807, 2.05) is 25.7 Å². The number of carbonyl (C=O) groups excluding carboxylic acids is 1. The van der Waals surface area contributed by atoms with E-state index in [0.29, 0.717) is 12.0 Å². The van der Waals surface area contributed by atoms with Crippen LogP contribution in [0.1, 0.15) is 47.5 Å². The van der Waals surface area contributed by atoms with Gasteiger partial charge in [0.1, 0.15) is 5.60 Å². The van der Waals surface area contributed by atoms with Crippen molar-refractivity contribution in [3.63, 3.8) is 0 Å². The van der Waals surface area contributed by atoms with Gasteiger partial charge in [-0.2, -0.15) is 0 Å². The van der Waals surface area contributed by atoms with Gasteiger partial charge in [-0.1, -0.05) is 13.8 Å². The molecule has 1 amide bonds. The van der Waals surface area contributed by atoms with E-state index in [1.165, 1.54) is 0 Å². The molecule has 1 aliphatic rings. The third kappa shape index (κ3) is 4.54. The minimum absolute atomic E-state index is 0.154. The Labute approximate surface area is 92.8 Å². The first-order chi connectivity index (χ1) is 6.79. The maximum Gasteiger partial charge on any atom is 0.410 e. The summed E-state index contributed by atoms with van der Waals surface area (Å²) in [6, 6.07) is 0.433. The highest BCUT2D eigenvalue weighted by Gasteiger charge is 2.35. The highest BCUT2D eigenvalue weighted by atomic mass is 16.6. The molecule has 0 heterocycles. The molecule has 1 saturated carbocycles. The topological polar surface area (TPSA) is 29.5 Å². The Bertz CT molecular complexity index is 226. The van der Waals surface area contributed by atoms with Gasteiger partial charge < -0.3 is 9.64 Å². The van der Waals surface area contributed by atoms with E-state index in [1.54, 1.807) is 0 Å². The zero-order valence-electron chi connectivity index (χ0n) is 10.5. The molecule has 15 heavy (non-hydrogen) atoms. The maximum absolute atomic E-state index is 11.9. The van der Waals surface area contributed by atoms with E-state index in [0.717, 1.165) is 19.4 Å². The standard InChI is InChI=1S/C12H23NO2/c1-9(2)8-13(10-6-7-10)11(14)15-12(3,4)5/h9-10H,6-8H2,1-5H3. The molecule has 3 nitrogen and oxygen atoms in total. The lowest BCUT2D eigenvalue weighted by Gasteiger charge is -2.28. The van der Waals surface area contributed by atoms with Gasteiger partial charge >= 0.3 is 6.09 Å². The number of ether oxygens (including phenoxy) is 1. The number of nitrogens with zero attached hydrogens (tertiary/aromatic N) is 1. The van der Waals surface area contributed by atoms with Crippen LogP contribution in [0.2, 0.25) is 0 Å². The van der Waals surface area contributed by atoms with Crippen molar-refractivity contribution in [3.8, 4) is 0 Å². The van der Waals surface area contributed by atoms with Gasteiger partial charge in [0, 0.05) is 12.6 Å². The van der Waals surface area contributed by atoms with Crippen LogP contribution in [-0.4, -0.2) is 29.2 Å². The average Bonchev–Trinajstić information content (AvgIpc) is 2.78. The Hall–Kier alpha value is -0.730. The van der Waals surface area contributed by atoms with Gasteiger partial charge in [-0.3, -0.25) is 0 Å². The molecule has 1 aliphatic carbocycles. The molecular formula is C12H23NO2. The van der Waals surface area contributed by atoms with Crippen molar-refractivity contribution < 1.29 is 9.53 Å². The molecular weight excluding hydrogens is 190 g/mol. The zero-order chi connectivity index (χ0) is 11.6.